The van der Waals surface area contributed by atoms with Crippen molar-refractivity contribution in [3.8, 4) is 10.6 Å². The molecular formula is C20H26N2S. The summed E-state index contributed by atoms with van der Waals surface area (Å²) >= 11 is 1.83. The number of fused-ring (bicyclic) bond motifs is 1. The van der Waals surface area contributed by atoms with Crippen molar-refractivity contribution < 1.29 is 0 Å². The van der Waals surface area contributed by atoms with E-state index in [0.717, 1.165) is 25.8 Å². The van der Waals surface area contributed by atoms with Crippen LogP contribution >= 0.6 is 11.3 Å². The van der Waals surface area contributed by atoms with Crippen LogP contribution in [0.25, 0.3) is 21.5 Å². The van der Waals surface area contributed by atoms with Gasteiger partial charge in [-0.3, -0.25) is 0 Å². The SMILES string of the molecule is Cc1ccsc1-c1[nH]c2c(C(C)C)cccc2c1CCCCN. The second kappa shape index (κ2) is 6.90. The van der Waals surface area contributed by atoms with E-state index in [1.165, 1.54) is 38.2 Å². The number of rotatable bonds is 6. The van der Waals surface area contributed by atoms with E-state index in [0.29, 0.717) is 5.92 Å². The quantitative estimate of drug-likeness (QED) is 0.568. The van der Waals surface area contributed by atoms with Gasteiger partial charge >= 0.3 is 0 Å². The monoisotopic (exact) mass is 326 g/mol. The predicted octanol–water partition coefficient (Wildman–Crippen LogP) is 5.61. The van der Waals surface area contributed by atoms with Gasteiger partial charge in [0.1, 0.15) is 0 Å². The molecule has 0 aliphatic rings. The summed E-state index contributed by atoms with van der Waals surface area (Å²) < 4.78 is 0. The number of aromatic amines is 1. The Bertz CT molecular complexity index is 795. The summed E-state index contributed by atoms with van der Waals surface area (Å²) in [4.78, 5) is 5.14. The van der Waals surface area contributed by atoms with Gasteiger partial charge in [0.2, 0.25) is 0 Å². The van der Waals surface area contributed by atoms with Gasteiger partial charge in [-0.25, -0.2) is 0 Å². The van der Waals surface area contributed by atoms with Crippen LogP contribution in [-0.4, -0.2) is 11.5 Å². The zero-order chi connectivity index (χ0) is 16.4. The van der Waals surface area contributed by atoms with Crippen LogP contribution in [0, 0.1) is 6.92 Å². The Kier molecular flexibility index (Phi) is 4.88. The van der Waals surface area contributed by atoms with Crippen molar-refractivity contribution in [3.05, 3.63) is 46.3 Å². The first kappa shape index (κ1) is 16.3. The molecular weight excluding hydrogens is 300 g/mol. The molecule has 3 N–H and O–H groups in total. The first-order valence-electron chi connectivity index (χ1n) is 8.51. The number of benzene rings is 1. The van der Waals surface area contributed by atoms with Crippen LogP contribution in [0.2, 0.25) is 0 Å². The number of thiophene rings is 1. The summed E-state index contributed by atoms with van der Waals surface area (Å²) in [5.41, 5.74) is 12.5. The predicted molar refractivity (Wildman–Crippen MR) is 102 cm³/mol. The molecule has 23 heavy (non-hydrogen) atoms. The first-order chi connectivity index (χ1) is 11.1. The van der Waals surface area contributed by atoms with E-state index < -0.39 is 0 Å². The maximum Gasteiger partial charge on any atom is 0.0601 e. The Morgan fingerprint density at radius 2 is 2.00 bits per heavy atom. The van der Waals surface area contributed by atoms with Gasteiger partial charge in [0, 0.05) is 10.9 Å². The molecule has 0 aliphatic carbocycles. The molecule has 0 atom stereocenters. The Morgan fingerprint density at radius 3 is 2.65 bits per heavy atom. The molecule has 0 saturated heterocycles. The molecule has 2 nitrogen and oxygen atoms in total. The van der Waals surface area contributed by atoms with Crippen LogP contribution in [0.4, 0.5) is 0 Å². The Morgan fingerprint density at radius 1 is 1.17 bits per heavy atom. The average Bonchev–Trinajstić information content (AvgIpc) is 3.10. The molecule has 2 heterocycles. The van der Waals surface area contributed by atoms with Gasteiger partial charge in [0.25, 0.3) is 0 Å². The van der Waals surface area contributed by atoms with Crippen LogP contribution in [-0.2, 0) is 6.42 Å². The maximum atomic E-state index is 5.70. The van der Waals surface area contributed by atoms with E-state index in [1.54, 1.807) is 0 Å². The van der Waals surface area contributed by atoms with Crippen LogP contribution < -0.4 is 5.73 Å². The lowest BCUT2D eigenvalue weighted by Gasteiger charge is -2.07. The fourth-order valence-electron chi connectivity index (χ4n) is 3.31. The topological polar surface area (TPSA) is 41.8 Å². The number of aryl methyl sites for hydroxylation is 2. The molecule has 3 rings (SSSR count). The molecule has 3 heteroatoms. The van der Waals surface area contributed by atoms with Crippen LogP contribution in [0.15, 0.2) is 29.6 Å². The third kappa shape index (κ3) is 3.08. The van der Waals surface area contributed by atoms with E-state index in [-0.39, 0.29) is 0 Å². The number of nitrogens with one attached hydrogen (secondary N) is 1. The molecule has 0 aliphatic heterocycles. The summed E-state index contributed by atoms with van der Waals surface area (Å²) in [5.74, 6) is 0.520. The highest BCUT2D eigenvalue weighted by Gasteiger charge is 2.18. The normalized spacial score (nSPS) is 11.7. The molecule has 0 radical (unpaired) electrons. The van der Waals surface area contributed by atoms with Gasteiger partial charge in [0.05, 0.1) is 10.6 Å². The van der Waals surface area contributed by atoms with Crippen molar-refractivity contribution in [2.24, 2.45) is 5.73 Å². The van der Waals surface area contributed by atoms with Gasteiger partial charge in [-0.1, -0.05) is 32.0 Å². The van der Waals surface area contributed by atoms with Crippen molar-refractivity contribution in [2.45, 2.75) is 46.0 Å². The van der Waals surface area contributed by atoms with E-state index in [9.17, 15) is 0 Å². The molecule has 1 aromatic carbocycles. The van der Waals surface area contributed by atoms with Crippen LogP contribution in [0.5, 0.6) is 0 Å². The molecule has 0 bridgehead atoms. The number of para-hydroxylation sites is 1. The standard InChI is InChI=1S/C20H26N2S/c1-13(2)15-8-6-9-16-17(7-4-5-11-21)19(22-18(15)16)20-14(3)10-12-23-20/h6,8-10,12-13,22H,4-5,7,11,21H2,1-3H3. The van der Waals surface area contributed by atoms with Gasteiger partial charge < -0.3 is 10.7 Å². The lowest BCUT2D eigenvalue weighted by molar-refractivity contribution is 0.748. The number of hydrogen-bond acceptors (Lipinski definition) is 2. The number of unbranched alkanes of at least 4 members (excludes halogenated alkanes) is 1. The second-order valence-electron chi connectivity index (χ2n) is 6.58. The molecule has 122 valence electrons. The third-order valence-electron chi connectivity index (χ3n) is 4.57. The smallest absolute Gasteiger partial charge is 0.0601 e. The minimum Gasteiger partial charge on any atom is -0.353 e. The average molecular weight is 327 g/mol. The highest BCUT2D eigenvalue weighted by Crippen LogP contribution is 2.38. The summed E-state index contributed by atoms with van der Waals surface area (Å²) in [6, 6.07) is 8.92. The fraction of sp³-hybridized carbons (Fsp3) is 0.400. The van der Waals surface area contributed by atoms with Crippen molar-refractivity contribution >= 4 is 22.2 Å². The van der Waals surface area contributed by atoms with E-state index >= 15 is 0 Å². The molecule has 0 amide bonds. The van der Waals surface area contributed by atoms with Crippen molar-refractivity contribution in [1.29, 1.82) is 0 Å². The number of nitrogens with two attached hydrogens (primary N) is 1. The number of aromatic nitrogens is 1. The number of H-pyrrole nitrogens is 1. The number of hydrogen-bond donors (Lipinski definition) is 2. The van der Waals surface area contributed by atoms with Crippen molar-refractivity contribution in [3.63, 3.8) is 0 Å². The Balaban J connectivity index is 2.18. The first-order valence-corrected chi connectivity index (χ1v) is 9.39. The highest BCUT2D eigenvalue weighted by molar-refractivity contribution is 7.13. The van der Waals surface area contributed by atoms with E-state index in [4.69, 9.17) is 5.73 Å². The molecule has 0 spiro atoms. The highest BCUT2D eigenvalue weighted by atomic mass is 32.1. The largest absolute Gasteiger partial charge is 0.353 e. The molecule has 2 aromatic heterocycles. The summed E-state index contributed by atoms with van der Waals surface area (Å²) in [7, 11) is 0. The summed E-state index contributed by atoms with van der Waals surface area (Å²) in [6.07, 6.45) is 3.32. The second-order valence-corrected chi connectivity index (χ2v) is 7.50. The Labute approximate surface area is 142 Å². The summed E-state index contributed by atoms with van der Waals surface area (Å²) in [5, 5.41) is 3.57. The maximum absolute atomic E-state index is 5.70. The van der Waals surface area contributed by atoms with Crippen LogP contribution in [0.1, 0.15) is 49.3 Å². The lowest BCUT2D eigenvalue weighted by atomic mass is 9.97. The molecule has 0 unspecified atom stereocenters. The van der Waals surface area contributed by atoms with Gasteiger partial charge in [-0.15, -0.1) is 11.3 Å². The van der Waals surface area contributed by atoms with E-state index in [1.807, 2.05) is 11.3 Å². The van der Waals surface area contributed by atoms with E-state index in [2.05, 4.69) is 55.4 Å². The minimum absolute atomic E-state index is 0.520. The zero-order valence-corrected chi connectivity index (χ0v) is 15.1. The summed E-state index contributed by atoms with van der Waals surface area (Å²) in [6.45, 7) is 7.50. The Hall–Kier alpha value is -1.58. The third-order valence-corrected chi connectivity index (χ3v) is 5.60. The molecule has 3 aromatic rings. The van der Waals surface area contributed by atoms with Gasteiger partial charge in [-0.05, 0) is 66.8 Å². The lowest BCUT2D eigenvalue weighted by Crippen LogP contribution is -1.99. The fourth-order valence-corrected chi connectivity index (χ4v) is 4.26. The minimum atomic E-state index is 0.520. The molecule has 0 saturated carbocycles. The van der Waals surface area contributed by atoms with Gasteiger partial charge in [-0.2, -0.15) is 0 Å². The van der Waals surface area contributed by atoms with Crippen LogP contribution in [0.3, 0.4) is 0 Å². The van der Waals surface area contributed by atoms with Gasteiger partial charge in [0.15, 0.2) is 0 Å². The van der Waals surface area contributed by atoms with Crippen molar-refractivity contribution in [2.75, 3.05) is 6.54 Å². The van der Waals surface area contributed by atoms with Crippen molar-refractivity contribution in [1.82, 2.24) is 4.98 Å². The molecule has 0 fully saturated rings. The zero-order valence-electron chi connectivity index (χ0n) is 14.3.